The van der Waals surface area contributed by atoms with Crippen molar-refractivity contribution in [2.24, 2.45) is 34.5 Å². The van der Waals surface area contributed by atoms with E-state index >= 15 is 0 Å². The molecule has 15 atom stereocenters. The lowest BCUT2D eigenvalue weighted by Crippen LogP contribution is -2.81. The molecule has 6 aliphatic rings. The maximum atomic E-state index is 13.9. The van der Waals surface area contributed by atoms with E-state index in [0.29, 0.717) is 25.3 Å². The second kappa shape index (κ2) is 11.6. The number of piperidine rings is 1. The number of carbonyl (C=O) groups excluding carboxylic acids is 2. The van der Waals surface area contributed by atoms with Crippen LogP contribution in [0.4, 0.5) is 0 Å². The molecule has 0 unspecified atom stereocenters. The minimum atomic E-state index is -1.86. The third-order valence-electron chi connectivity index (χ3n) is 13.5. The number of aliphatic hydroxyl groups is 3. The van der Waals surface area contributed by atoms with Crippen LogP contribution < -0.4 is 4.74 Å². The number of hydrogen-bond acceptors (Lipinski definition) is 13. The van der Waals surface area contributed by atoms with Crippen LogP contribution in [0.2, 0.25) is 0 Å². The van der Waals surface area contributed by atoms with Gasteiger partial charge >= 0.3 is 11.9 Å². The first-order valence-electron chi connectivity index (χ1n) is 16.9. The van der Waals surface area contributed by atoms with Crippen LogP contribution >= 0.6 is 0 Å². The molecule has 1 aromatic rings. The maximum absolute atomic E-state index is 13.9. The standard InChI is InChI=1S/C35H49NO12/c1-8-36-15-32(16-42-3)21(38)13-22(44-5)34-20-14-33(41)29(47-31(40)18-9-11-19(43-4)12-10-18)23(20)35(48-17(2)37,28(39)30(33)46-7)24(27(34)36)25(45-6)26(32)34/h9-12,20-30,38-39,41H,8,13-16H2,1-7H3/t20-,21-,22+,23-,24-,25+,26-,27-,28+,29-,30+,32+,33+,34+,35-/m1/s1. The van der Waals surface area contributed by atoms with Gasteiger partial charge in [0.25, 0.3) is 0 Å². The van der Waals surface area contributed by atoms with Gasteiger partial charge in [-0.1, -0.05) is 6.92 Å². The summed E-state index contributed by atoms with van der Waals surface area (Å²) in [5.41, 5.74) is -4.94. The minimum absolute atomic E-state index is 0.0591. The van der Waals surface area contributed by atoms with Crippen molar-refractivity contribution in [2.75, 3.05) is 55.2 Å². The molecule has 0 radical (unpaired) electrons. The number of fused-ring (bicyclic) bond motifs is 2. The highest BCUT2D eigenvalue weighted by Gasteiger charge is 2.92. The van der Waals surface area contributed by atoms with Crippen LogP contribution in [-0.2, 0) is 33.2 Å². The smallest absolute Gasteiger partial charge is 0.338 e. The monoisotopic (exact) mass is 675 g/mol. The highest BCUT2D eigenvalue weighted by Crippen LogP contribution is 2.80. The van der Waals surface area contributed by atoms with Crippen LogP contribution in [0.25, 0.3) is 0 Å². The Morgan fingerprint density at radius 1 is 0.979 bits per heavy atom. The van der Waals surface area contributed by atoms with Gasteiger partial charge in [0.2, 0.25) is 0 Å². The van der Waals surface area contributed by atoms with Crippen LogP contribution in [-0.4, -0.2) is 141 Å². The normalized spacial score (nSPS) is 48.2. The van der Waals surface area contributed by atoms with Crippen molar-refractivity contribution < 1.29 is 58.1 Å². The molecule has 48 heavy (non-hydrogen) atoms. The lowest BCUT2D eigenvalue weighted by molar-refractivity contribution is -0.322. The molecule has 0 amide bonds. The summed E-state index contributed by atoms with van der Waals surface area (Å²) in [5, 5.41) is 37.4. The second-order valence-electron chi connectivity index (χ2n) is 14.8. The number of likely N-dealkylation sites (tertiary alicyclic amines) is 1. The summed E-state index contributed by atoms with van der Waals surface area (Å²) in [4.78, 5) is 29.5. The van der Waals surface area contributed by atoms with E-state index < -0.39 is 94.3 Å². The van der Waals surface area contributed by atoms with E-state index in [0.717, 1.165) is 0 Å². The molecule has 0 aromatic heterocycles. The number of hydrogen-bond donors (Lipinski definition) is 3. The Morgan fingerprint density at radius 3 is 2.25 bits per heavy atom. The molecular weight excluding hydrogens is 626 g/mol. The number of benzene rings is 1. The van der Waals surface area contributed by atoms with E-state index in [1.165, 1.54) is 21.1 Å². The fourth-order valence-corrected chi connectivity index (χ4v) is 12.5. The van der Waals surface area contributed by atoms with Crippen LogP contribution in [0.1, 0.15) is 37.0 Å². The van der Waals surface area contributed by atoms with Crippen LogP contribution in [0.15, 0.2) is 24.3 Å². The lowest BCUT2D eigenvalue weighted by atomic mass is 9.42. The second-order valence-corrected chi connectivity index (χ2v) is 14.8. The van der Waals surface area contributed by atoms with Crippen molar-refractivity contribution in [3.8, 4) is 5.75 Å². The molecule has 5 saturated carbocycles. The fraction of sp³-hybridized carbons (Fsp3) is 0.771. The molecule has 13 nitrogen and oxygen atoms in total. The summed E-state index contributed by atoms with van der Waals surface area (Å²) in [7, 11) is 7.77. The SMILES string of the molecule is CCN1C[C@]2(COC)[C@H](O)C[C@H](OC)[C@@]34[C@@H]5C[C@]6(O)[C@H](OC(=O)c7ccc(OC)cc7)[C@@H]5[C@@](OC(C)=O)([C@H]([C@H](OC)[C@H]23)[C@@H]14)[C@@H](O)[C@@H]6OC. The van der Waals surface area contributed by atoms with Gasteiger partial charge in [-0.2, -0.15) is 0 Å². The van der Waals surface area contributed by atoms with E-state index in [2.05, 4.69) is 4.90 Å². The number of rotatable bonds is 10. The molecular formula is C35H49NO12. The van der Waals surface area contributed by atoms with Crippen molar-refractivity contribution in [1.82, 2.24) is 4.90 Å². The summed E-state index contributed by atoms with van der Waals surface area (Å²) in [6.07, 6.45) is -5.64. The van der Waals surface area contributed by atoms with Gasteiger partial charge in [0.1, 0.15) is 29.7 Å². The fourth-order valence-electron chi connectivity index (χ4n) is 12.5. The van der Waals surface area contributed by atoms with Gasteiger partial charge in [0.15, 0.2) is 5.60 Å². The molecule has 3 N–H and O–H groups in total. The summed E-state index contributed by atoms with van der Waals surface area (Å²) in [6.45, 7) is 4.64. The Balaban J connectivity index is 1.50. The maximum Gasteiger partial charge on any atom is 0.338 e. The van der Waals surface area contributed by atoms with Crippen molar-refractivity contribution >= 4 is 11.9 Å². The molecule has 7 rings (SSSR count). The van der Waals surface area contributed by atoms with E-state index in [-0.39, 0.29) is 24.6 Å². The van der Waals surface area contributed by atoms with Crippen LogP contribution in [0.5, 0.6) is 5.75 Å². The summed E-state index contributed by atoms with van der Waals surface area (Å²) >= 11 is 0. The van der Waals surface area contributed by atoms with Gasteiger partial charge in [-0.15, -0.1) is 0 Å². The number of ether oxygens (including phenoxy) is 7. The third-order valence-corrected chi connectivity index (χ3v) is 13.5. The zero-order valence-corrected chi connectivity index (χ0v) is 28.7. The molecule has 1 heterocycles. The predicted molar refractivity (Wildman–Crippen MR) is 167 cm³/mol. The average molecular weight is 676 g/mol. The molecule has 13 heteroatoms. The van der Waals surface area contributed by atoms with E-state index in [4.69, 9.17) is 33.2 Å². The summed E-state index contributed by atoms with van der Waals surface area (Å²) in [5.74, 6) is -3.23. The molecule has 7 bridgehead atoms. The zero-order chi connectivity index (χ0) is 34.6. The Kier molecular flexibility index (Phi) is 8.24. The first-order valence-corrected chi connectivity index (χ1v) is 16.9. The van der Waals surface area contributed by atoms with E-state index in [1.807, 2.05) is 6.92 Å². The Hall–Kier alpha value is -2.36. The Bertz CT molecular complexity index is 1430. The van der Waals surface area contributed by atoms with Crippen molar-refractivity contribution in [2.45, 2.75) is 80.6 Å². The summed E-state index contributed by atoms with van der Waals surface area (Å²) in [6, 6.07) is 6.10. The van der Waals surface area contributed by atoms with Gasteiger partial charge in [0, 0.05) is 83.0 Å². The first-order chi connectivity index (χ1) is 22.9. The zero-order valence-electron chi connectivity index (χ0n) is 28.7. The Labute approximate surface area is 280 Å². The van der Waals surface area contributed by atoms with Gasteiger partial charge < -0.3 is 48.5 Å². The number of aliphatic hydroxyl groups excluding tert-OH is 2. The summed E-state index contributed by atoms with van der Waals surface area (Å²) < 4.78 is 42.7. The third kappa shape index (κ3) is 3.90. The molecule has 1 aliphatic heterocycles. The number of carbonyl (C=O) groups is 2. The molecule has 266 valence electrons. The van der Waals surface area contributed by atoms with Crippen molar-refractivity contribution in [3.05, 3.63) is 29.8 Å². The van der Waals surface area contributed by atoms with Gasteiger partial charge in [-0.25, -0.2) is 4.79 Å². The molecule has 1 aromatic carbocycles. The minimum Gasteiger partial charge on any atom is -0.497 e. The molecule has 5 aliphatic carbocycles. The predicted octanol–water partition coefficient (Wildman–Crippen LogP) is 0.657. The first kappa shape index (κ1) is 34.1. The molecule has 6 fully saturated rings. The van der Waals surface area contributed by atoms with Crippen LogP contribution in [0, 0.1) is 34.5 Å². The number of esters is 2. The highest BCUT2D eigenvalue weighted by molar-refractivity contribution is 5.89. The highest BCUT2D eigenvalue weighted by atomic mass is 16.6. The van der Waals surface area contributed by atoms with Gasteiger partial charge in [-0.3, -0.25) is 9.69 Å². The average Bonchev–Trinajstić information content (AvgIpc) is 3.44. The largest absolute Gasteiger partial charge is 0.497 e. The Morgan fingerprint density at radius 2 is 1.69 bits per heavy atom. The number of nitrogens with zero attached hydrogens (tertiary/aromatic N) is 1. The molecule has 1 saturated heterocycles. The van der Waals surface area contributed by atoms with E-state index in [9.17, 15) is 24.9 Å². The number of methoxy groups -OCH3 is 5. The molecule has 1 spiro atoms. The van der Waals surface area contributed by atoms with Gasteiger partial charge in [-0.05, 0) is 43.1 Å². The van der Waals surface area contributed by atoms with Crippen molar-refractivity contribution in [1.29, 1.82) is 0 Å². The quantitative estimate of drug-likeness (QED) is 0.297. The van der Waals surface area contributed by atoms with E-state index in [1.54, 1.807) is 45.6 Å². The topological polar surface area (TPSA) is 163 Å². The van der Waals surface area contributed by atoms with Crippen LogP contribution in [0.3, 0.4) is 0 Å². The van der Waals surface area contributed by atoms with Crippen molar-refractivity contribution in [3.63, 3.8) is 0 Å². The lowest BCUT2D eigenvalue weighted by Gasteiger charge is -2.70. The van der Waals surface area contributed by atoms with Gasteiger partial charge in [0.05, 0.1) is 37.6 Å².